The molecule has 3 heterocycles. The molecule has 4 rings (SSSR count). The molecule has 0 amide bonds. The zero-order valence-electron chi connectivity index (χ0n) is 15.7. The number of anilines is 2. The first kappa shape index (κ1) is 19.3. The number of alkyl halides is 3. The molecule has 0 aliphatic carbocycles. The third kappa shape index (κ3) is 4.37. The Kier molecular flexibility index (Phi) is 5.18. The van der Waals surface area contributed by atoms with E-state index in [1.807, 2.05) is 0 Å². The minimum Gasteiger partial charge on any atom is -0.317 e. The standard InChI is InChI=1S/C19H20F3N7/c1-11-24-18(29-28-11)27-16-10-15(12-6-8-23-9-7-12)25-17(26-16)13-4-2-3-5-14(13)19(20,21)22/h2-5,10,12,23H,6-9H2,1H3,(H2,24,25,26,27,28,29). The van der Waals surface area contributed by atoms with Crippen LogP contribution in [-0.4, -0.2) is 38.2 Å². The van der Waals surface area contributed by atoms with Crippen LogP contribution >= 0.6 is 0 Å². The first-order chi connectivity index (χ1) is 13.9. The first-order valence-corrected chi connectivity index (χ1v) is 9.32. The Labute approximate surface area is 165 Å². The van der Waals surface area contributed by atoms with Gasteiger partial charge in [-0.15, -0.1) is 5.10 Å². The van der Waals surface area contributed by atoms with Gasteiger partial charge in [-0.1, -0.05) is 18.2 Å². The van der Waals surface area contributed by atoms with Gasteiger partial charge in [0.2, 0.25) is 5.95 Å². The molecule has 152 valence electrons. The van der Waals surface area contributed by atoms with Crippen molar-refractivity contribution in [3.63, 3.8) is 0 Å². The number of nitrogens with one attached hydrogen (secondary N) is 3. The lowest BCUT2D eigenvalue weighted by atomic mass is 9.94. The second-order valence-electron chi connectivity index (χ2n) is 6.94. The van der Waals surface area contributed by atoms with Crippen LogP contribution in [-0.2, 0) is 6.18 Å². The lowest BCUT2D eigenvalue weighted by Crippen LogP contribution is -2.27. The Balaban J connectivity index is 1.79. The molecule has 1 fully saturated rings. The van der Waals surface area contributed by atoms with Crippen LogP contribution in [0.25, 0.3) is 11.4 Å². The van der Waals surface area contributed by atoms with E-state index in [0.717, 1.165) is 32.0 Å². The second-order valence-corrected chi connectivity index (χ2v) is 6.94. The lowest BCUT2D eigenvalue weighted by Gasteiger charge is -2.23. The molecule has 1 aromatic carbocycles. The van der Waals surface area contributed by atoms with Crippen LogP contribution in [0.5, 0.6) is 0 Å². The van der Waals surface area contributed by atoms with Gasteiger partial charge in [-0.05, 0) is 38.9 Å². The van der Waals surface area contributed by atoms with Gasteiger partial charge in [0.1, 0.15) is 11.6 Å². The molecule has 3 N–H and O–H groups in total. The van der Waals surface area contributed by atoms with E-state index >= 15 is 0 Å². The maximum absolute atomic E-state index is 13.5. The summed E-state index contributed by atoms with van der Waals surface area (Å²) in [5, 5.41) is 13.0. The molecule has 3 aromatic rings. The largest absolute Gasteiger partial charge is 0.417 e. The van der Waals surface area contributed by atoms with Gasteiger partial charge in [0.25, 0.3) is 0 Å². The van der Waals surface area contributed by atoms with Crippen LogP contribution in [0.3, 0.4) is 0 Å². The smallest absolute Gasteiger partial charge is 0.317 e. The molecule has 0 radical (unpaired) electrons. The summed E-state index contributed by atoms with van der Waals surface area (Å²) in [6.45, 7) is 3.43. The summed E-state index contributed by atoms with van der Waals surface area (Å²) in [4.78, 5) is 13.0. The molecule has 1 aliphatic heterocycles. The Hall–Kier alpha value is -3.01. The monoisotopic (exact) mass is 403 g/mol. The molecule has 2 aromatic heterocycles. The second kappa shape index (κ2) is 7.78. The van der Waals surface area contributed by atoms with Crippen molar-refractivity contribution in [2.75, 3.05) is 18.4 Å². The van der Waals surface area contributed by atoms with Crippen molar-refractivity contribution in [3.8, 4) is 11.4 Å². The lowest BCUT2D eigenvalue weighted by molar-refractivity contribution is -0.137. The minimum absolute atomic E-state index is 0.0312. The third-order valence-corrected chi connectivity index (χ3v) is 4.81. The highest BCUT2D eigenvalue weighted by Gasteiger charge is 2.34. The van der Waals surface area contributed by atoms with Crippen molar-refractivity contribution in [1.29, 1.82) is 0 Å². The number of benzene rings is 1. The average Bonchev–Trinajstić information content (AvgIpc) is 3.12. The van der Waals surface area contributed by atoms with Crippen molar-refractivity contribution < 1.29 is 13.2 Å². The number of nitrogens with zero attached hydrogens (tertiary/aromatic N) is 4. The Morgan fingerprint density at radius 2 is 1.83 bits per heavy atom. The summed E-state index contributed by atoms with van der Waals surface area (Å²) in [6.07, 6.45) is -2.79. The molecular weight excluding hydrogens is 383 g/mol. The number of hydrogen-bond donors (Lipinski definition) is 3. The number of aromatic amines is 1. The molecule has 29 heavy (non-hydrogen) atoms. The molecule has 0 unspecified atom stereocenters. The SMILES string of the molecule is Cc1nc(Nc2cc(C3CCNCC3)nc(-c3ccccc3C(F)(F)F)n2)n[nH]1. The summed E-state index contributed by atoms with van der Waals surface area (Å²) in [7, 11) is 0. The fraction of sp³-hybridized carbons (Fsp3) is 0.368. The van der Waals surface area contributed by atoms with Crippen LogP contribution in [0.15, 0.2) is 30.3 Å². The minimum atomic E-state index is -4.50. The van der Waals surface area contributed by atoms with Gasteiger partial charge < -0.3 is 10.6 Å². The van der Waals surface area contributed by atoms with E-state index in [1.165, 1.54) is 12.1 Å². The molecule has 7 nitrogen and oxygen atoms in total. The number of halogens is 3. The number of aryl methyl sites for hydroxylation is 1. The number of hydrogen-bond acceptors (Lipinski definition) is 6. The Morgan fingerprint density at radius 1 is 1.07 bits per heavy atom. The molecule has 10 heteroatoms. The van der Waals surface area contributed by atoms with Gasteiger partial charge in [0.05, 0.1) is 5.56 Å². The number of piperidine rings is 1. The van der Waals surface area contributed by atoms with Crippen LogP contribution < -0.4 is 10.6 Å². The summed E-state index contributed by atoms with van der Waals surface area (Å²) < 4.78 is 40.6. The van der Waals surface area contributed by atoms with Crippen LogP contribution in [0.2, 0.25) is 0 Å². The van der Waals surface area contributed by atoms with Crippen molar-refractivity contribution >= 4 is 11.8 Å². The molecule has 0 bridgehead atoms. The fourth-order valence-corrected chi connectivity index (χ4v) is 3.42. The predicted molar refractivity (Wildman–Crippen MR) is 102 cm³/mol. The summed E-state index contributed by atoms with van der Waals surface area (Å²) >= 11 is 0. The van der Waals surface area contributed by atoms with E-state index in [1.54, 1.807) is 19.1 Å². The number of rotatable bonds is 4. The predicted octanol–water partition coefficient (Wildman–Crippen LogP) is 3.80. The maximum atomic E-state index is 13.5. The summed E-state index contributed by atoms with van der Waals surface area (Å²) in [5.41, 5.74) is -0.101. The van der Waals surface area contributed by atoms with E-state index in [4.69, 9.17) is 0 Å². The molecule has 0 saturated carbocycles. The quantitative estimate of drug-likeness (QED) is 0.614. The van der Waals surface area contributed by atoms with Gasteiger partial charge in [0.15, 0.2) is 5.82 Å². The van der Waals surface area contributed by atoms with Crippen molar-refractivity contribution in [2.24, 2.45) is 0 Å². The molecular formula is C19H20F3N7. The fourth-order valence-electron chi connectivity index (χ4n) is 3.42. The molecule has 1 aliphatic rings. The molecule has 0 atom stereocenters. The van der Waals surface area contributed by atoms with Gasteiger partial charge in [-0.2, -0.15) is 18.2 Å². The average molecular weight is 403 g/mol. The van der Waals surface area contributed by atoms with Crippen molar-refractivity contribution in [2.45, 2.75) is 31.9 Å². The van der Waals surface area contributed by atoms with Crippen molar-refractivity contribution in [3.05, 3.63) is 47.4 Å². The first-order valence-electron chi connectivity index (χ1n) is 9.32. The highest BCUT2D eigenvalue weighted by molar-refractivity contribution is 5.64. The highest BCUT2D eigenvalue weighted by atomic mass is 19.4. The summed E-state index contributed by atoms with van der Waals surface area (Å²) in [5.74, 6) is 1.45. The van der Waals surface area contributed by atoms with Gasteiger partial charge >= 0.3 is 6.18 Å². The normalized spacial score (nSPS) is 15.4. The Morgan fingerprint density at radius 3 is 2.52 bits per heavy atom. The maximum Gasteiger partial charge on any atom is 0.417 e. The van der Waals surface area contributed by atoms with E-state index in [2.05, 4.69) is 35.8 Å². The topological polar surface area (TPSA) is 91.4 Å². The number of aromatic nitrogens is 5. The van der Waals surface area contributed by atoms with Gasteiger partial charge in [-0.25, -0.2) is 9.97 Å². The van der Waals surface area contributed by atoms with E-state index in [9.17, 15) is 13.2 Å². The molecule has 1 saturated heterocycles. The van der Waals surface area contributed by atoms with Gasteiger partial charge in [0, 0.05) is 23.2 Å². The zero-order chi connectivity index (χ0) is 20.4. The van der Waals surface area contributed by atoms with Crippen LogP contribution in [0.1, 0.15) is 35.8 Å². The van der Waals surface area contributed by atoms with E-state index < -0.39 is 11.7 Å². The summed E-state index contributed by atoms with van der Waals surface area (Å²) in [6, 6.07) is 7.11. The van der Waals surface area contributed by atoms with E-state index in [-0.39, 0.29) is 17.3 Å². The van der Waals surface area contributed by atoms with Crippen LogP contribution in [0.4, 0.5) is 24.9 Å². The Bertz CT molecular complexity index is 993. The van der Waals surface area contributed by atoms with E-state index in [0.29, 0.717) is 23.3 Å². The zero-order valence-corrected chi connectivity index (χ0v) is 15.7. The third-order valence-electron chi connectivity index (χ3n) is 4.81. The van der Waals surface area contributed by atoms with Crippen LogP contribution in [0, 0.1) is 6.92 Å². The number of H-pyrrole nitrogens is 1. The highest BCUT2D eigenvalue weighted by Crippen LogP contribution is 2.37. The van der Waals surface area contributed by atoms with Gasteiger partial charge in [-0.3, -0.25) is 5.10 Å². The van der Waals surface area contributed by atoms with Crippen molar-refractivity contribution in [1.82, 2.24) is 30.5 Å². The molecule has 0 spiro atoms.